The van der Waals surface area contributed by atoms with E-state index in [4.69, 9.17) is 22.0 Å². The number of nitrogens with zero attached hydrogens (tertiary/aromatic N) is 1. The zero-order valence-electron chi connectivity index (χ0n) is 9.63. The molecule has 0 saturated carbocycles. The average Bonchev–Trinajstić information content (AvgIpc) is 2.68. The highest BCUT2D eigenvalue weighted by atomic mass is 16.4. The Morgan fingerprint density at radius 1 is 1.44 bits per heavy atom. The number of nitrogens with one attached hydrogen (secondary N) is 1. The van der Waals surface area contributed by atoms with Crippen LogP contribution in [0.15, 0.2) is 30.5 Å². The van der Waals surface area contributed by atoms with Crippen molar-refractivity contribution in [3.05, 3.63) is 36.0 Å². The number of aromatic nitrogens is 1. The third-order valence-electron chi connectivity index (χ3n) is 2.81. The van der Waals surface area contributed by atoms with E-state index in [9.17, 15) is 4.79 Å². The summed E-state index contributed by atoms with van der Waals surface area (Å²) in [6, 6.07) is 6.41. The largest absolute Gasteiger partial charge is 0.480 e. The molecule has 0 aliphatic rings. The van der Waals surface area contributed by atoms with E-state index in [0.717, 1.165) is 16.5 Å². The molecule has 0 fully saturated rings. The van der Waals surface area contributed by atoms with E-state index in [1.807, 2.05) is 24.3 Å². The minimum Gasteiger partial charge on any atom is -0.480 e. The maximum Gasteiger partial charge on any atom is 0.320 e. The zero-order valence-corrected chi connectivity index (χ0v) is 9.63. The van der Waals surface area contributed by atoms with Crippen LogP contribution in [0.25, 0.3) is 10.9 Å². The van der Waals surface area contributed by atoms with Crippen molar-refractivity contribution < 1.29 is 9.90 Å². The van der Waals surface area contributed by atoms with Crippen LogP contribution >= 0.6 is 0 Å². The fourth-order valence-corrected chi connectivity index (χ4v) is 1.94. The summed E-state index contributed by atoms with van der Waals surface area (Å²) >= 11 is 0. The van der Waals surface area contributed by atoms with Gasteiger partial charge in [-0.3, -0.25) is 14.8 Å². The first-order valence-corrected chi connectivity index (χ1v) is 5.42. The maximum atomic E-state index is 10.8. The van der Waals surface area contributed by atoms with Crippen molar-refractivity contribution in [1.29, 1.82) is 5.41 Å². The van der Waals surface area contributed by atoms with Crippen LogP contribution in [0.2, 0.25) is 0 Å². The Balaban J connectivity index is 2.51. The fourth-order valence-electron chi connectivity index (χ4n) is 1.94. The Bertz CT molecular complexity index is 618. The second-order valence-electron chi connectivity index (χ2n) is 4.08. The Morgan fingerprint density at radius 3 is 2.72 bits per heavy atom. The van der Waals surface area contributed by atoms with Crippen LogP contribution in [0, 0.1) is 5.41 Å². The van der Waals surface area contributed by atoms with E-state index in [0.29, 0.717) is 0 Å². The molecule has 0 amide bonds. The molecular formula is C12H14N4O2. The Morgan fingerprint density at radius 2 is 2.11 bits per heavy atom. The Hall–Kier alpha value is -2.34. The predicted molar refractivity (Wildman–Crippen MR) is 68.6 cm³/mol. The number of hydrogen-bond acceptors (Lipinski definition) is 3. The summed E-state index contributed by atoms with van der Waals surface area (Å²) in [5, 5.41) is 17.2. The van der Waals surface area contributed by atoms with Gasteiger partial charge in [-0.05, 0) is 11.6 Å². The number of benzene rings is 1. The summed E-state index contributed by atoms with van der Waals surface area (Å²) in [5.41, 5.74) is 12.6. The van der Waals surface area contributed by atoms with Crippen LogP contribution in [0.3, 0.4) is 0 Å². The molecule has 2 aromatic rings. The van der Waals surface area contributed by atoms with E-state index in [2.05, 4.69) is 0 Å². The normalized spacial score (nSPS) is 12.5. The molecule has 94 valence electrons. The number of fused-ring (bicyclic) bond motifs is 1. The van der Waals surface area contributed by atoms with Gasteiger partial charge in [0.25, 0.3) is 0 Å². The van der Waals surface area contributed by atoms with Crippen LogP contribution in [0.4, 0.5) is 0 Å². The molecule has 2 rings (SSSR count). The van der Waals surface area contributed by atoms with E-state index < -0.39 is 12.0 Å². The topological polar surface area (TPSA) is 118 Å². The number of carboxylic acid groups (broad SMARTS) is 1. The van der Waals surface area contributed by atoms with Gasteiger partial charge in [-0.1, -0.05) is 18.2 Å². The quantitative estimate of drug-likeness (QED) is 0.461. The van der Waals surface area contributed by atoms with Crippen LogP contribution in [0.1, 0.15) is 5.56 Å². The maximum absolute atomic E-state index is 10.8. The second kappa shape index (κ2) is 4.50. The molecule has 1 unspecified atom stereocenters. The van der Waals surface area contributed by atoms with Crippen molar-refractivity contribution in [2.24, 2.45) is 11.5 Å². The molecule has 1 aromatic carbocycles. The number of hydrogen-bond donors (Lipinski definition) is 4. The van der Waals surface area contributed by atoms with Crippen molar-refractivity contribution in [3.63, 3.8) is 0 Å². The molecule has 0 spiro atoms. The van der Waals surface area contributed by atoms with Gasteiger partial charge in [0.2, 0.25) is 0 Å². The summed E-state index contributed by atoms with van der Waals surface area (Å²) in [4.78, 5) is 10.8. The van der Waals surface area contributed by atoms with Gasteiger partial charge in [-0.2, -0.15) is 0 Å². The molecule has 18 heavy (non-hydrogen) atoms. The van der Waals surface area contributed by atoms with Crippen molar-refractivity contribution >= 4 is 22.8 Å². The first kappa shape index (κ1) is 12.1. The number of carboxylic acids is 1. The van der Waals surface area contributed by atoms with Gasteiger partial charge in [0.05, 0.1) is 5.52 Å². The molecule has 1 aromatic heterocycles. The lowest BCUT2D eigenvalue weighted by atomic mass is 10.1. The summed E-state index contributed by atoms with van der Waals surface area (Å²) in [6.45, 7) is 0. The number of nitrogens with two attached hydrogens (primary N) is 2. The minimum absolute atomic E-state index is 0.110. The number of nitrogen functional groups attached to an aromatic ring is 1. The van der Waals surface area contributed by atoms with Crippen molar-refractivity contribution in [3.8, 4) is 0 Å². The van der Waals surface area contributed by atoms with Crippen molar-refractivity contribution in [1.82, 2.24) is 4.57 Å². The van der Waals surface area contributed by atoms with Gasteiger partial charge in [0.1, 0.15) is 6.04 Å². The lowest BCUT2D eigenvalue weighted by Gasteiger charge is -2.04. The smallest absolute Gasteiger partial charge is 0.320 e. The molecular weight excluding hydrogens is 232 g/mol. The van der Waals surface area contributed by atoms with Gasteiger partial charge in [0.15, 0.2) is 5.96 Å². The van der Waals surface area contributed by atoms with Gasteiger partial charge in [-0.25, -0.2) is 0 Å². The summed E-state index contributed by atoms with van der Waals surface area (Å²) in [6.07, 6.45) is 1.87. The molecule has 6 nitrogen and oxygen atoms in total. The Kier molecular flexibility index (Phi) is 3.03. The predicted octanol–water partition coefficient (Wildman–Crippen LogP) is 0.337. The molecule has 0 bridgehead atoms. The van der Waals surface area contributed by atoms with E-state index in [-0.39, 0.29) is 12.4 Å². The van der Waals surface area contributed by atoms with Gasteiger partial charge >= 0.3 is 5.97 Å². The third-order valence-corrected chi connectivity index (χ3v) is 2.81. The van der Waals surface area contributed by atoms with Crippen molar-refractivity contribution in [2.45, 2.75) is 12.5 Å². The SMILES string of the molecule is N=C(N)n1cc(CC(N)C(=O)O)c2ccccc21. The summed E-state index contributed by atoms with van der Waals surface area (Å²) in [5.74, 6) is -1.16. The number of carbonyl (C=O) groups is 1. The molecule has 6 heteroatoms. The van der Waals surface area contributed by atoms with Gasteiger partial charge in [-0.15, -0.1) is 0 Å². The number of rotatable bonds is 3. The van der Waals surface area contributed by atoms with Crippen molar-refractivity contribution in [2.75, 3.05) is 0 Å². The molecule has 0 aliphatic carbocycles. The van der Waals surface area contributed by atoms with Crippen LogP contribution in [0.5, 0.6) is 0 Å². The molecule has 0 aliphatic heterocycles. The fraction of sp³-hybridized carbons (Fsp3) is 0.167. The zero-order chi connectivity index (χ0) is 13.3. The molecule has 0 radical (unpaired) electrons. The second-order valence-corrected chi connectivity index (χ2v) is 4.08. The summed E-state index contributed by atoms with van der Waals surface area (Å²) < 4.78 is 1.51. The van der Waals surface area contributed by atoms with E-state index >= 15 is 0 Å². The molecule has 1 atom stereocenters. The first-order chi connectivity index (χ1) is 8.50. The van der Waals surface area contributed by atoms with E-state index in [1.165, 1.54) is 4.57 Å². The molecule has 6 N–H and O–H groups in total. The monoisotopic (exact) mass is 246 g/mol. The highest BCUT2D eigenvalue weighted by Gasteiger charge is 2.16. The molecule has 1 heterocycles. The van der Waals surface area contributed by atoms with Crippen LogP contribution in [-0.2, 0) is 11.2 Å². The average molecular weight is 246 g/mol. The summed E-state index contributed by atoms with van der Waals surface area (Å²) in [7, 11) is 0. The van der Waals surface area contributed by atoms with Gasteiger partial charge < -0.3 is 16.6 Å². The third kappa shape index (κ3) is 2.05. The van der Waals surface area contributed by atoms with Gasteiger partial charge in [0, 0.05) is 18.0 Å². The van der Waals surface area contributed by atoms with Crippen LogP contribution < -0.4 is 11.5 Å². The highest BCUT2D eigenvalue weighted by molar-refractivity contribution is 5.94. The van der Waals surface area contributed by atoms with Crippen LogP contribution in [-0.4, -0.2) is 27.6 Å². The lowest BCUT2D eigenvalue weighted by molar-refractivity contribution is -0.138. The minimum atomic E-state index is -1.05. The number of para-hydroxylation sites is 1. The van der Waals surface area contributed by atoms with E-state index in [1.54, 1.807) is 6.20 Å². The highest BCUT2D eigenvalue weighted by Crippen LogP contribution is 2.21. The Labute approximate surface area is 103 Å². The first-order valence-electron chi connectivity index (χ1n) is 5.42. The lowest BCUT2D eigenvalue weighted by Crippen LogP contribution is -2.32. The standard InChI is InChI=1S/C12H14N4O2/c13-9(11(17)18)5-7-6-16(12(14)15)10-4-2-1-3-8(7)10/h1-4,6,9H,5,13H2,(H3,14,15)(H,17,18). The number of aliphatic carboxylic acids is 1. The molecule has 0 saturated heterocycles.